The first-order valence-electron chi connectivity index (χ1n) is 6.29. The Morgan fingerprint density at radius 2 is 2.30 bits per heavy atom. The molecule has 5 nitrogen and oxygen atoms in total. The van der Waals surface area contributed by atoms with Gasteiger partial charge in [-0.05, 0) is 19.1 Å². The first kappa shape index (κ1) is 14.6. The molecule has 0 aliphatic rings. The number of aryl methyl sites for hydroxylation is 1. The number of rotatable bonds is 6. The molecule has 0 aliphatic heterocycles. The summed E-state index contributed by atoms with van der Waals surface area (Å²) in [5.74, 6) is -0.0219. The molecule has 0 saturated heterocycles. The van der Waals surface area contributed by atoms with Crippen molar-refractivity contribution in [3.63, 3.8) is 0 Å². The topological polar surface area (TPSA) is 64.1 Å². The van der Waals surface area contributed by atoms with E-state index in [0.29, 0.717) is 19.6 Å². The Bertz CT molecular complexity index is 569. The molecular formula is C14H17N3O2S. The van der Waals surface area contributed by atoms with E-state index in [0.717, 1.165) is 21.3 Å². The van der Waals surface area contributed by atoms with Gasteiger partial charge in [0.15, 0.2) is 0 Å². The molecule has 0 unspecified atom stereocenters. The summed E-state index contributed by atoms with van der Waals surface area (Å²) in [7, 11) is 1.63. The number of amides is 1. The first-order chi connectivity index (χ1) is 9.69. The van der Waals surface area contributed by atoms with E-state index in [1.54, 1.807) is 13.3 Å². The molecule has 2 aromatic heterocycles. The third-order valence-electron chi connectivity index (χ3n) is 2.72. The lowest BCUT2D eigenvalue weighted by Gasteiger charge is -2.03. The summed E-state index contributed by atoms with van der Waals surface area (Å²) in [5.41, 5.74) is 1.75. The predicted molar refractivity (Wildman–Crippen MR) is 77.4 cm³/mol. The van der Waals surface area contributed by atoms with Crippen LogP contribution in [0.2, 0.25) is 0 Å². The average Bonchev–Trinajstić information content (AvgIpc) is 2.78. The van der Waals surface area contributed by atoms with Crippen molar-refractivity contribution in [2.75, 3.05) is 7.11 Å². The van der Waals surface area contributed by atoms with E-state index in [4.69, 9.17) is 4.74 Å². The smallest absolute Gasteiger partial charge is 0.225 e. The maximum atomic E-state index is 11.9. The molecule has 1 N–H and O–H groups in total. The van der Waals surface area contributed by atoms with Crippen LogP contribution < -0.4 is 5.32 Å². The molecule has 0 bridgehead atoms. The summed E-state index contributed by atoms with van der Waals surface area (Å²) in [6.07, 6.45) is 2.06. The number of methoxy groups -OCH3 is 1. The van der Waals surface area contributed by atoms with E-state index >= 15 is 0 Å². The van der Waals surface area contributed by atoms with Crippen molar-refractivity contribution >= 4 is 17.2 Å². The normalized spacial score (nSPS) is 10.5. The van der Waals surface area contributed by atoms with Gasteiger partial charge in [0.2, 0.25) is 5.91 Å². The number of pyridine rings is 1. The number of carbonyl (C=O) groups excluding carboxylic acids is 1. The molecule has 0 atom stereocenters. The van der Waals surface area contributed by atoms with Crippen LogP contribution in [0.15, 0.2) is 24.4 Å². The highest BCUT2D eigenvalue weighted by atomic mass is 32.1. The molecule has 1 amide bonds. The molecule has 2 rings (SSSR count). The Balaban J connectivity index is 1.88. The molecule has 6 heteroatoms. The van der Waals surface area contributed by atoms with Crippen molar-refractivity contribution < 1.29 is 9.53 Å². The Hall–Kier alpha value is -1.79. The van der Waals surface area contributed by atoms with E-state index in [9.17, 15) is 4.79 Å². The van der Waals surface area contributed by atoms with Crippen molar-refractivity contribution in [1.82, 2.24) is 15.3 Å². The maximum Gasteiger partial charge on any atom is 0.225 e. The van der Waals surface area contributed by atoms with Gasteiger partial charge >= 0.3 is 0 Å². The second-order valence-electron chi connectivity index (χ2n) is 4.32. The number of nitrogens with zero attached hydrogens (tertiary/aromatic N) is 2. The molecule has 0 spiro atoms. The van der Waals surface area contributed by atoms with Crippen LogP contribution in [0.25, 0.3) is 0 Å². The Labute approximate surface area is 122 Å². The fraction of sp³-hybridized carbons (Fsp3) is 0.357. The quantitative estimate of drug-likeness (QED) is 0.882. The van der Waals surface area contributed by atoms with Crippen molar-refractivity contribution in [2.45, 2.75) is 26.5 Å². The average molecular weight is 291 g/mol. The van der Waals surface area contributed by atoms with Gasteiger partial charge in [-0.2, -0.15) is 0 Å². The van der Waals surface area contributed by atoms with E-state index in [2.05, 4.69) is 15.3 Å². The zero-order chi connectivity index (χ0) is 14.4. The molecule has 0 aliphatic carbocycles. The number of nitrogens with one attached hydrogen (secondary N) is 1. The third-order valence-corrected chi connectivity index (χ3v) is 3.85. The molecule has 2 aromatic rings. The van der Waals surface area contributed by atoms with Gasteiger partial charge in [0.25, 0.3) is 0 Å². The summed E-state index contributed by atoms with van der Waals surface area (Å²) in [4.78, 5) is 21.4. The molecule has 2 heterocycles. The van der Waals surface area contributed by atoms with Crippen LogP contribution >= 0.6 is 11.3 Å². The molecule has 0 aromatic carbocycles. The van der Waals surface area contributed by atoms with E-state index < -0.39 is 0 Å². The van der Waals surface area contributed by atoms with Crippen molar-refractivity contribution in [3.05, 3.63) is 45.7 Å². The van der Waals surface area contributed by atoms with Gasteiger partial charge in [-0.1, -0.05) is 6.07 Å². The molecule has 20 heavy (non-hydrogen) atoms. The van der Waals surface area contributed by atoms with Crippen molar-refractivity contribution in [2.24, 2.45) is 0 Å². The summed E-state index contributed by atoms with van der Waals surface area (Å²) in [6.45, 7) is 2.85. The Kier molecular flexibility index (Phi) is 5.20. The first-order valence-corrected chi connectivity index (χ1v) is 7.11. The number of aromatic nitrogens is 2. The zero-order valence-electron chi connectivity index (χ0n) is 11.5. The van der Waals surface area contributed by atoms with E-state index in [1.807, 2.05) is 25.1 Å². The monoisotopic (exact) mass is 291 g/mol. The minimum atomic E-state index is -0.0219. The van der Waals surface area contributed by atoms with Crippen LogP contribution in [0.5, 0.6) is 0 Å². The fourth-order valence-electron chi connectivity index (χ4n) is 1.74. The van der Waals surface area contributed by atoms with Crippen LogP contribution in [0.1, 0.15) is 21.3 Å². The second-order valence-corrected chi connectivity index (χ2v) is 5.49. The maximum absolute atomic E-state index is 11.9. The highest BCUT2D eigenvalue weighted by molar-refractivity contribution is 7.11. The third kappa shape index (κ3) is 4.11. The van der Waals surface area contributed by atoms with Gasteiger partial charge in [0.1, 0.15) is 5.01 Å². The summed E-state index contributed by atoms with van der Waals surface area (Å²) in [6, 6.07) is 5.64. The summed E-state index contributed by atoms with van der Waals surface area (Å²) >= 11 is 1.52. The van der Waals surface area contributed by atoms with Crippen LogP contribution in [0.4, 0.5) is 0 Å². The minimum absolute atomic E-state index is 0.0219. The number of ether oxygens (including phenoxy) is 1. The lowest BCUT2D eigenvalue weighted by Crippen LogP contribution is -2.24. The van der Waals surface area contributed by atoms with Crippen molar-refractivity contribution in [3.8, 4) is 0 Å². The summed E-state index contributed by atoms with van der Waals surface area (Å²) < 4.78 is 5.05. The molecule has 0 radical (unpaired) electrons. The largest absolute Gasteiger partial charge is 0.378 e. The van der Waals surface area contributed by atoms with Gasteiger partial charge in [-0.3, -0.25) is 9.78 Å². The summed E-state index contributed by atoms with van der Waals surface area (Å²) in [5, 5.41) is 3.76. The van der Waals surface area contributed by atoms with Gasteiger partial charge < -0.3 is 10.1 Å². The van der Waals surface area contributed by atoms with Crippen molar-refractivity contribution in [1.29, 1.82) is 0 Å². The van der Waals surface area contributed by atoms with Gasteiger partial charge in [-0.15, -0.1) is 11.3 Å². The second kappa shape index (κ2) is 7.12. The highest BCUT2D eigenvalue weighted by Crippen LogP contribution is 2.19. The van der Waals surface area contributed by atoms with Crippen LogP contribution in [0, 0.1) is 6.92 Å². The van der Waals surface area contributed by atoms with Gasteiger partial charge in [0.05, 0.1) is 31.0 Å². The fourth-order valence-corrected chi connectivity index (χ4v) is 2.78. The lowest BCUT2D eigenvalue weighted by atomic mass is 10.3. The standard InChI is InChI=1S/C14H17N3O2S/c1-10-12(20-14(17-10)9-19-2)7-13(18)16-8-11-5-3-4-6-15-11/h3-6H,7-9H2,1-2H3,(H,16,18). The highest BCUT2D eigenvalue weighted by Gasteiger charge is 2.11. The SMILES string of the molecule is COCc1nc(C)c(CC(=O)NCc2ccccn2)s1. The lowest BCUT2D eigenvalue weighted by molar-refractivity contribution is -0.120. The zero-order valence-corrected chi connectivity index (χ0v) is 12.4. The molecule has 106 valence electrons. The molecular weight excluding hydrogens is 274 g/mol. The van der Waals surface area contributed by atoms with Crippen LogP contribution in [0.3, 0.4) is 0 Å². The number of hydrogen-bond acceptors (Lipinski definition) is 5. The van der Waals surface area contributed by atoms with Crippen LogP contribution in [-0.4, -0.2) is 23.0 Å². The van der Waals surface area contributed by atoms with Crippen LogP contribution in [-0.2, 0) is 29.1 Å². The van der Waals surface area contributed by atoms with E-state index in [1.165, 1.54) is 11.3 Å². The molecule has 0 saturated carbocycles. The molecule has 0 fully saturated rings. The predicted octanol–water partition coefficient (Wildman–Crippen LogP) is 1.85. The minimum Gasteiger partial charge on any atom is -0.378 e. The van der Waals surface area contributed by atoms with Gasteiger partial charge in [-0.25, -0.2) is 4.98 Å². The Morgan fingerprint density at radius 3 is 3.00 bits per heavy atom. The number of thiazole rings is 1. The Morgan fingerprint density at radius 1 is 1.45 bits per heavy atom. The van der Waals surface area contributed by atoms with E-state index in [-0.39, 0.29) is 5.91 Å². The van der Waals surface area contributed by atoms with Gasteiger partial charge in [0, 0.05) is 18.2 Å². The number of carbonyl (C=O) groups is 1. The number of hydrogen-bond donors (Lipinski definition) is 1.